The molecule has 0 bridgehead atoms. The molecule has 1 aromatic heterocycles. The molecule has 150 valence electrons. The molecule has 4 rings (SSSR count). The smallest absolute Gasteiger partial charge is 0.254 e. The Morgan fingerprint density at radius 1 is 1.07 bits per heavy atom. The zero-order valence-corrected chi connectivity index (χ0v) is 17.6. The molecule has 0 N–H and O–H groups in total. The molecule has 2 aromatic carbocycles. The van der Waals surface area contributed by atoms with Gasteiger partial charge in [0.05, 0.1) is 5.56 Å². The van der Waals surface area contributed by atoms with Crippen molar-refractivity contribution < 1.29 is 4.79 Å². The van der Waals surface area contributed by atoms with E-state index in [1.54, 1.807) is 11.8 Å². The van der Waals surface area contributed by atoms with Gasteiger partial charge in [0.1, 0.15) is 5.82 Å². The summed E-state index contributed by atoms with van der Waals surface area (Å²) < 4.78 is 2.25. The Balaban J connectivity index is 1.39. The van der Waals surface area contributed by atoms with Gasteiger partial charge < -0.3 is 9.47 Å². The minimum absolute atomic E-state index is 0.174. The van der Waals surface area contributed by atoms with E-state index in [0.717, 1.165) is 60.1 Å². The van der Waals surface area contributed by atoms with Crippen molar-refractivity contribution >= 4 is 17.7 Å². The number of hydrogen-bond donors (Lipinski definition) is 0. The van der Waals surface area contributed by atoms with Crippen LogP contribution in [0, 0.1) is 5.92 Å². The molecule has 0 spiro atoms. The van der Waals surface area contributed by atoms with Crippen LogP contribution in [0.5, 0.6) is 0 Å². The van der Waals surface area contributed by atoms with Crippen molar-refractivity contribution in [3.63, 3.8) is 0 Å². The Morgan fingerprint density at radius 2 is 1.79 bits per heavy atom. The lowest BCUT2D eigenvalue weighted by atomic mass is 9.96. The molecule has 1 aliphatic heterocycles. The highest BCUT2D eigenvalue weighted by Gasteiger charge is 2.25. The summed E-state index contributed by atoms with van der Waals surface area (Å²) in [6, 6.07) is 18.3. The lowest BCUT2D eigenvalue weighted by molar-refractivity contribution is 0.0679. The van der Waals surface area contributed by atoms with Crippen molar-refractivity contribution in [3.05, 3.63) is 72.6 Å². The maximum atomic E-state index is 13.1. The van der Waals surface area contributed by atoms with Crippen LogP contribution in [0.25, 0.3) is 11.4 Å². The van der Waals surface area contributed by atoms with Gasteiger partial charge in [0.2, 0.25) is 0 Å². The van der Waals surface area contributed by atoms with E-state index in [4.69, 9.17) is 0 Å². The number of thioether (sulfide) groups is 1. The first kappa shape index (κ1) is 19.8. The molecule has 0 atom stereocenters. The van der Waals surface area contributed by atoms with Crippen molar-refractivity contribution in [2.45, 2.75) is 31.2 Å². The van der Waals surface area contributed by atoms with Gasteiger partial charge in [-0.15, -0.1) is 11.8 Å². The lowest BCUT2D eigenvalue weighted by Gasteiger charge is -2.32. The average molecular weight is 406 g/mol. The number of aromatic nitrogens is 2. The van der Waals surface area contributed by atoms with Crippen molar-refractivity contribution in [3.8, 4) is 11.4 Å². The number of likely N-dealkylation sites (tertiary alicyclic amines) is 1. The Labute approximate surface area is 177 Å². The topological polar surface area (TPSA) is 38.1 Å². The summed E-state index contributed by atoms with van der Waals surface area (Å²) in [4.78, 5) is 20.7. The number of rotatable bonds is 6. The van der Waals surface area contributed by atoms with E-state index in [0.29, 0.717) is 5.92 Å². The Hall–Kier alpha value is -2.53. The van der Waals surface area contributed by atoms with E-state index < -0.39 is 0 Å². The summed E-state index contributed by atoms with van der Waals surface area (Å²) in [7, 11) is 0. The predicted molar refractivity (Wildman–Crippen MR) is 119 cm³/mol. The molecule has 1 fully saturated rings. The second-order valence-corrected chi connectivity index (χ2v) is 8.74. The number of nitrogens with zero attached hydrogens (tertiary/aromatic N) is 3. The molecule has 4 nitrogen and oxygen atoms in total. The van der Waals surface area contributed by atoms with Gasteiger partial charge in [0.15, 0.2) is 0 Å². The minimum atomic E-state index is 0.174. The highest BCUT2D eigenvalue weighted by Crippen LogP contribution is 2.27. The highest BCUT2D eigenvalue weighted by molar-refractivity contribution is 7.99. The zero-order chi connectivity index (χ0) is 20.1. The largest absolute Gasteiger partial charge is 0.339 e. The monoisotopic (exact) mass is 405 g/mol. The van der Waals surface area contributed by atoms with Crippen molar-refractivity contribution in [1.29, 1.82) is 0 Å². The summed E-state index contributed by atoms with van der Waals surface area (Å²) >= 11 is 1.74. The molecule has 1 aliphatic rings. The van der Waals surface area contributed by atoms with Crippen LogP contribution in [-0.2, 0) is 6.54 Å². The summed E-state index contributed by atoms with van der Waals surface area (Å²) in [5.41, 5.74) is 1.99. The standard InChI is InChI=1S/C24H27N3OS/c1-2-29-22-11-7-6-10-21(22)24(28)26-15-12-19(13-16-26)18-27-17-14-25-23(27)20-8-4-3-5-9-20/h3-11,14,17,19H,2,12-13,15-16,18H2,1H3. The number of amides is 1. The molecular formula is C24H27N3OS. The van der Waals surface area contributed by atoms with Crippen LogP contribution in [0.2, 0.25) is 0 Å². The van der Waals surface area contributed by atoms with E-state index in [-0.39, 0.29) is 5.91 Å². The molecule has 1 amide bonds. The number of carbonyl (C=O) groups is 1. The van der Waals surface area contributed by atoms with Gasteiger partial charge in [-0.25, -0.2) is 4.98 Å². The fourth-order valence-electron chi connectivity index (χ4n) is 4.00. The zero-order valence-electron chi connectivity index (χ0n) is 16.8. The molecule has 0 unspecified atom stereocenters. The first-order valence-corrected chi connectivity index (χ1v) is 11.3. The number of benzene rings is 2. The third-order valence-corrected chi connectivity index (χ3v) is 6.48. The molecule has 29 heavy (non-hydrogen) atoms. The van der Waals surface area contributed by atoms with Gasteiger partial charge in [-0.1, -0.05) is 49.4 Å². The Bertz CT molecular complexity index is 946. The Kier molecular flexibility index (Phi) is 6.35. The molecule has 5 heteroatoms. The fraction of sp³-hybridized carbons (Fsp3) is 0.333. The lowest BCUT2D eigenvalue weighted by Crippen LogP contribution is -2.39. The minimum Gasteiger partial charge on any atom is -0.339 e. The normalized spacial score (nSPS) is 14.9. The molecule has 2 heterocycles. The van der Waals surface area contributed by atoms with E-state index in [9.17, 15) is 4.79 Å². The third kappa shape index (κ3) is 4.56. The fourth-order valence-corrected chi connectivity index (χ4v) is 4.79. The van der Waals surface area contributed by atoms with Crippen LogP contribution in [0.1, 0.15) is 30.1 Å². The summed E-state index contributed by atoms with van der Waals surface area (Å²) in [6.07, 6.45) is 6.00. The second-order valence-electron chi connectivity index (χ2n) is 7.43. The third-order valence-electron chi connectivity index (χ3n) is 5.52. The van der Waals surface area contributed by atoms with E-state index in [2.05, 4.69) is 40.9 Å². The van der Waals surface area contributed by atoms with Crippen molar-refractivity contribution in [1.82, 2.24) is 14.5 Å². The number of piperidine rings is 1. The summed E-state index contributed by atoms with van der Waals surface area (Å²) in [5.74, 6) is 2.74. The Morgan fingerprint density at radius 3 is 2.55 bits per heavy atom. The van der Waals surface area contributed by atoms with Gasteiger partial charge in [-0.2, -0.15) is 0 Å². The van der Waals surface area contributed by atoms with Crippen LogP contribution < -0.4 is 0 Å². The first-order valence-electron chi connectivity index (χ1n) is 10.3. The van der Waals surface area contributed by atoms with Gasteiger partial charge in [-0.3, -0.25) is 4.79 Å². The van der Waals surface area contributed by atoms with Crippen LogP contribution in [0.4, 0.5) is 0 Å². The number of carbonyl (C=O) groups excluding carboxylic acids is 1. The predicted octanol–water partition coefficient (Wildman–Crippen LogP) is 5.21. The van der Waals surface area contributed by atoms with E-state index >= 15 is 0 Å². The van der Waals surface area contributed by atoms with Crippen molar-refractivity contribution in [2.75, 3.05) is 18.8 Å². The van der Waals surface area contributed by atoms with Gasteiger partial charge in [0.25, 0.3) is 5.91 Å². The maximum absolute atomic E-state index is 13.1. The van der Waals surface area contributed by atoms with Crippen LogP contribution in [0.15, 0.2) is 71.9 Å². The van der Waals surface area contributed by atoms with Gasteiger partial charge in [-0.05, 0) is 36.6 Å². The maximum Gasteiger partial charge on any atom is 0.254 e. The second kappa shape index (κ2) is 9.31. The SMILES string of the molecule is CCSc1ccccc1C(=O)N1CCC(Cn2ccnc2-c2ccccc2)CC1. The van der Waals surface area contributed by atoms with E-state index in [1.165, 1.54) is 0 Å². The summed E-state index contributed by atoms with van der Waals surface area (Å²) in [6.45, 7) is 4.72. The molecular weight excluding hydrogens is 378 g/mol. The molecule has 0 aliphatic carbocycles. The number of imidazole rings is 1. The van der Waals surface area contributed by atoms with Crippen molar-refractivity contribution in [2.24, 2.45) is 5.92 Å². The number of hydrogen-bond acceptors (Lipinski definition) is 3. The van der Waals surface area contributed by atoms with Gasteiger partial charge >= 0.3 is 0 Å². The molecule has 0 saturated carbocycles. The molecule has 3 aromatic rings. The van der Waals surface area contributed by atoms with Crippen LogP contribution in [0.3, 0.4) is 0 Å². The molecule has 1 saturated heterocycles. The van der Waals surface area contributed by atoms with Gasteiger partial charge in [0, 0.05) is 42.5 Å². The summed E-state index contributed by atoms with van der Waals surface area (Å²) in [5, 5.41) is 0. The quantitative estimate of drug-likeness (QED) is 0.528. The van der Waals surface area contributed by atoms with Crippen LogP contribution >= 0.6 is 11.8 Å². The van der Waals surface area contributed by atoms with E-state index in [1.807, 2.05) is 47.5 Å². The van der Waals surface area contributed by atoms with Crippen LogP contribution in [-0.4, -0.2) is 39.2 Å². The molecule has 0 radical (unpaired) electrons. The first-order chi connectivity index (χ1) is 14.3. The highest BCUT2D eigenvalue weighted by atomic mass is 32.2. The average Bonchev–Trinajstić information content (AvgIpc) is 3.23.